The number of rotatable bonds is 2. The van der Waals surface area contributed by atoms with Crippen LogP contribution in [0, 0.1) is 0 Å². The van der Waals surface area contributed by atoms with Gasteiger partial charge in [0.05, 0.1) is 16.1 Å². The van der Waals surface area contributed by atoms with Crippen molar-refractivity contribution in [2.45, 2.75) is 31.7 Å². The number of hydrogen-bond acceptors (Lipinski definition) is 1. The van der Waals surface area contributed by atoms with E-state index < -0.39 is 0 Å². The topological polar surface area (TPSA) is 29.1 Å². The highest BCUT2D eigenvalue weighted by Crippen LogP contribution is 2.42. The Labute approximate surface area is 140 Å². The van der Waals surface area contributed by atoms with Crippen LogP contribution in [0.25, 0.3) is 0 Å². The van der Waals surface area contributed by atoms with Gasteiger partial charge in [0.25, 0.3) is 0 Å². The van der Waals surface area contributed by atoms with Crippen molar-refractivity contribution in [2.75, 3.05) is 0 Å². The Morgan fingerprint density at radius 2 is 1.77 bits per heavy atom. The molecule has 1 N–H and O–H groups in total. The summed E-state index contributed by atoms with van der Waals surface area (Å²) in [4.78, 5) is 11.4. The fourth-order valence-electron chi connectivity index (χ4n) is 3.26. The number of fused-ring (bicyclic) bond motifs is 1. The standard InChI is InChI=1S/C18H17Cl2NO/c1-11(22)21-18-9-7-13(14-4-2-3-5-15(14)18)12-6-8-16(19)17(20)10-12/h2-6,8,10,13,18H,7,9H2,1H3,(H,21,22)/t13-,18+/m1/s1. The summed E-state index contributed by atoms with van der Waals surface area (Å²) in [6.45, 7) is 1.56. The summed E-state index contributed by atoms with van der Waals surface area (Å²) in [7, 11) is 0. The molecule has 2 aromatic rings. The van der Waals surface area contributed by atoms with Crippen LogP contribution in [0.1, 0.15) is 48.4 Å². The molecule has 2 atom stereocenters. The molecule has 0 aromatic heterocycles. The summed E-state index contributed by atoms with van der Waals surface area (Å²) in [5.41, 5.74) is 3.62. The highest BCUT2D eigenvalue weighted by molar-refractivity contribution is 6.42. The van der Waals surface area contributed by atoms with Crippen LogP contribution in [0.4, 0.5) is 0 Å². The number of hydrogen-bond donors (Lipinski definition) is 1. The van der Waals surface area contributed by atoms with E-state index in [1.54, 1.807) is 6.92 Å². The molecule has 0 spiro atoms. The fraction of sp³-hybridized carbons (Fsp3) is 0.278. The molecule has 22 heavy (non-hydrogen) atoms. The van der Waals surface area contributed by atoms with E-state index in [-0.39, 0.29) is 17.9 Å². The fourth-order valence-corrected chi connectivity index (χ4v) is 3.57. The Morgan fingerprint density at radius 3 is 2.45 bits per heavy atom. The third kappa shape index (κ3) is 2.99. The molecular formula is C18H17Cl2NO. The van der Waals surface area contributed by atoms with Gasteiger partial charge in [-0.2, -0.15) is 0 Å². The molecule has 1 amide bonds. The lowest BCUT2D eigenvalue weighted by Crippen LogP contribution is -2.30. The van der Waals surface area contributed by atoms with Gasteiger partial charge in [-0.25, -0.2) is 0 Å². The molecule has 0 unspecified atom stereocenters. The lowest BCUT2D eigenvalue weighted by molar-refractivity contribution is -0.119. The SMILES string of the molecule is CC(=O)N[C@H]1CC[C@H](c2ccc(Cl)c(Cl)c2)c2ccccc21. The van der Waals surface area contributed by atoms with Crippen LogP contribution in [0.2, 0.25) is 10.0 Å². The average Bonchev–Trinajstić information content (AvgIpc) is 2.50. The summed E-state index contributed by atoms with van der Waals surface area (Å²) in [6, 6.07) is 14.2. The first kappa shape index (κ1) is 15.4. The van der Waals surface area contributed by atoms with Crippen LogP contribution in [0.3, 0.4) is 0 Å². The summed E-state index contributed by atoms with van der Waals surface area (Å²) in [5, 5.41) is 4.20. The minimum Gasteiger partial charge on any atom is -0.350 e. The first-order valence-corrected chi connectivity index (χ1v) is 8.12. The van der Waals surface area contributed by atoms with Gasteiger partial charge in [0.15, 0.2) is 0 Å². The van der Waals surface area contributed by atoms with Crippen LogP contribution >= 0.6 is 23.2 Å². The highest BCUT2D eigenvalue weighted by Gasteiger charge is 2.28. The second kappa shape index (κ2) is 6.31. The summed E-state index contributed by atoms with van der Waals surface area (Å²) in [5.74, 6) is 0.295. The second-order valence-electron chi connectivity index (χ2n) is 5.69. The van der Waals surface area contributed by atoms with Gasteiger partial charge in [-0.15, -0.1) is 0 Å². The smallest absolute Gasteiger partial charge is 0.217 e. The van der Waals surface area contributed by atoms with Gasteiger partial charge in [-0.1, -0.05) is 53.5 Å². The van der Waals surface area contributed by atoms with Crippen molar-refractivity contribution >= 4 is 29.1 Å². The number of halogens is 2. The molecule has 0 fully saturated rings. The van der Waals surface area contributed by atoms with Crippen LogP contribution in [0.15, 0.2) is 42.5 Å². The van der Waals surface area contributed by atoms with Crippen LogP contribution < -0.4 is 5.32 Å². The van der Waals surface area contributed by atoms with Crippen molar-refractivity contribution in [2.24, 2.45) is 0 Å². The maximum atomic E-state index is 11.4. The van der Waals surface area contributed by atoms with E-state index in [1.165, 1.54) is 16.7 Å². The van der Waals surface area contributed by atoms with E-state index in [4.69, 9.17) is 23.2 Å². The van der Waals surface area contributed by atoms with Gasteiger partial charge < -0.3 is 5.32 Å². The number of amides is 1. The summed E-state index contributed by atoms with van der Waals surface area (Å²) >= 11 is 12.2. The molecule has 0 bridgehead atoms. The summed E-state index contributed by atoms with van der Waals surface area (Å²) in [6.07, 6.45) is 1.89. The Morgan fingerprint density at radius 1 is 1.05 bits per heavy atom. The van der Waals surface area contributed by atoms with Crippen molar-refractivity contribution in [1.29, 1.82) is 0 Å². The molecule has 4 heteroatoms. The molecule has 2 nitrogen and oxygen atoms in total. The molecule has 1 aliphatic carbocycles. The zero-order chi connectivity index (χ0) is 15.7. The van der Waals surface area contributed by atoms with Crippen molar-refractivity contribution in [3.63, 3.8) is 0 Å². The van der Waals surface area contributed by atoms with E-state index in [0.717, 1.165) is 12.8 Å². The first-order valence-electron chi connectivity index (χ1n) is 7.37. The lowest BCUT2D eigenvalue weighted by atomic mass is 9.77. The Balaban J connectivity index is 2.00. The first-order chi connectivity index (χ1) is 10.6. The largest absolute Gasteiger partial charge is 0.350 e. The zero-order valence-corrected chi connectivity index (χ0v) is 13.8. The van der Waals surface area contributed by atoms with Gasteiger partial charge in [0.2, 0.25) is 5.91 Å². The summed E-state index contributed by atoms with van der Waals surface area (Å²) < 4.78 is 0. The van der Waals surface area contributed by atoms with Crippen LogP contribution in [0.5, 0.6) is 0 Å². The normalized spacial score (nSPS) is 20.3. The second-order valence-corrected chi connectivity index (χ2v) is 6.50. The maximum Gasteiger partial charge on any atom is 0.217 e. The van der Waals surface area contributed by atoms with Crippen molar-refractivity contribution in [3.8, 4) is 0 Å². The number of carbonyl (C=O) groups excluding carboxylic acids is 1. The van der Waals surface area contributed by atoms with Crippen molar-refractivity contribution in [3.05, 3.63) is 69.2 Å². The Hall–Kier alpha value is -1.51. The lowest BCUT2D eigenvalue weighted by Gasteiger charge is -2.32. The zero-order valence-electron chi connectivity index (χ0n) is 12.3. The van der Waals surface area contributed by atoms with Crippen LogP contribution in [-0.4, -0.2) is 5.91 Å². The van der Waals surface area contributed by atoms with E-state index >= 15 is 0 Å². The number of carbonyl (C=O) groups is 1. The molecule has 0 saturated heterocycles. The third-order valence-electron chi connectivity index (χ3n) is 4.21. The molecule has 1 aliphatic rings. The van der Waals surface area contributed by atoms with Gasteiger partial charge in [-0.3, -0.25) is 4.79 Å². The quantitative estimate of drug-likeness (QED) is 0.814. The monoisotopic (exact) mass is 333 g/mol. The minimum atomic E-state index is 0.00721. The van der Waals surface area contributed by atoms with Crippen molar-refractivity contribution < 1.29 is 4.79 Å². The molecular weight excluding hydrogens is 317 g/mol. The van der Waals surface area contributed by atoms with Gasteiger partial charge in [0, 0.05) is 12.8 Å². The van der Waals surface area contributed by atoms with E-state index in [1.807, 2.05) is 30.3 Å². The van der Waals surface area contributed by atoms with Crippen LogP contribution in [-0.2, 0) is 4.79 Å². The van der Waals surface area contributed by atoms with E-state index in [2.05, 4.69) is 17.4 Å². The van der Waals surface area contributed by atoms with Gasteiger partial charge in [0.1, 0.15) is 0 Å². The molecule has 0 saturated carbocycles. The predicted octanol–water partition coefficient (Wildman–Crippen LogP) is 5.10. The predicted molar refractivity (Wildman–Crippen MR) is 90.5 cm³/mol. The molecule has 114 valence electrons. The van der Waals surface area contributed by atoms with E-state index in [0.29, 0.717) is 10.0 Å². The Kier molecular flexibility index (Phi) is 4.42. The molecule has 2 aromatic carbocycles. The average molecular weight is 334 g/mol. The van der Waals surface area contributed by atoms with Gasteiger partial charge >= 0.3 is 0 Å². The maximum absolute atomic E-state index is 11.4. The molecule has 0 heterocycles. The molecule has 3 rings (SSSR count). The Bertz CT molecular complexity index is 714. The molecule has 0 aliphatic heterocycles. The number of nitrogens with one attached hydrogen (secondary N) is 1. The minimum absolute atomic E-state index is 0.00721. The van der Waals surface area contributed by atoms with E-state index in [9.17, 15) is 4.79 Å². The highest BCUT2D eigenvalue weighted by atomic mass is 35.5. The number of benzene rings is 2. The van der Waals surface area contributed by atoms with Gasteiger partial charge in [-0.05, 0) is 41.7 Å². The van der Waals surface area contributed by atoms with Crippen molar-refractivity contribution in [1.82, 2.24) is 5.32 Å². The molecule has 0 radical (unpaired) electrons. The third-order valence-corrected chi connectivity index (χ3v) is 4.95.